The molecule has 6 nitrogen and oxygen atoms in total. The van der Waals surface area contributed by atoms with Crippen molar-refractivity contribution in [3.63, 3.8) is 0 Å². The van der Waals surface area contributed by atoms with Crippen LogP contribution in [0.25, 0.3) is 0 Å². The highest BCUT2D eigenvalue weighted by Crippen LogP contribution is 2.24. The summed E-state index contributed by atoms with van der Waals surface area (Å²) in [6, 6.07) is 3.29. The van der Waals surface area contributed by atoms with Crippen molar-refractivity contribution in [2.75, 3.05) is 23.3 Å². The minimum Gasteiger partial charge on any atom is -0.370 e. The Hall–Kier alpha value is -1.85. The van der Waals surface area contributed by atoms with Crippen molar-refractivity contribution in [3.8, 4) is 0 Å². The first-order valence-electron chi connectivity index (χ1n) is 7.16. The third-order valence-electron chi connectivity index (χ3n) is 2.95. The molecule has 0 aliphatic rings. The zero-order chi connectivity index (χ0) is 15.1. The molecule has 1 N–H and O–H groups in total. The largest absolute Gasteiger partial charge is 0.370 e. The van der Waals surface area contributed by atoms with Gasteiger partial charge in [-0.2, -0.15) is 0 Å². The Labute approximate surface area is 120 Å². The maximum Gasteiger partial charge on any atom is 0.276 e. The van der Waals surface area contributed by atoms with Crippen LogP contribution in [-0.2, 0) is 0 Å². The first kappa shape index (κ1) is 16.2. The maximum atomic E-state index is 11.1. The summed E-state index contributed by atoms with van der Waals surface area (Å²) in [7, 11) is 0. The SMILES string of the molecule is CCCNc1cc([N+](=O)[O-])cc(N(CCC)C(C)C)n1. The van der Waals surface area contributed by atoms with E-state index in [1.54, 1.807) is 6.07 Å². The zero-order valence-electron chi connectivity index (χ0n) is 12.7. The summed E-state index contributed by atoms with van der Waals surface area (Å²) in [5, 5.41) is 14.2. The number of hydrogen-bond acceptors (Lipinski definition) is 5. The second kappa shape index (κ2) is 7.67. The predicted molar refractivity (Wildman–Crippen MR) is 82.4 cm³/mol. The standard InChI is InChI=1S/C14H24N4O2/c1-5-7-15-13-9-12(18(19)20)10-14(16-13)17(8-6-2)11(3)4/h9-11H,5-8H2,1-4H3,(H,15,16). The number of nitro groups is 1. The summed E-state index contributed by atoms with van der Waals surface area (Å²) >= 11 is 0. The average Bonchev–Trinajstić information content (AvgIpc) is 2.41. The van der Waals surface area contributed by atoms with Crippen molar-refractivity contribution in [1.29, 1.82) is 0 Å². The van der Waals surface area contributed by atoms with E-state index in [1.165, 1.54) is 6.07 Å². The molecule has 0 fully saturated rings. The number of anilines is 2. The van der Waals surface area contributed by atoms with Crippen LogP contribution >= 0.6 is 0 Å². The lowest BCUT2D eigenvalue weighted by atomic mass is 10.2. The van der Waals surface area contributed by atoms with E-state index in [0.717, 1.165) is 25.9 Å². The van der Waals surface area contributed by atoms with Gasteiger partial charge >= 0.3 is 0 Å². The molecule has 1 rings (SSSR count). The Balaban J connectivity index is 3.15. The summed E-state index contributed by atoms with van der Waals surface area (Å²) in [6.45, 7) is 9.85. The summed E-state index contributed by atoms with van der Waals surface area (Å²) in [4.78, 5) is 17.3. The van der Waals surface area contributed by atoms with E-state index < -0.39 is 0 Å². The Morgan fingerprint density at radius 3 is 2.55 bits per heavy atom. The van der Waals surface area contributed by atoms with E-state index in [-0.39, 0.29) is 16.7 Å². The molecule has 1 heterocycles. The lowest BCUT2D eigenvalue weighted by molar-refractivity contribution is -0.384. The van der Waals surface area contributed by atoms with Gasteiger partial charge in [0.15, 0.2) is 0 Å². The summed E-state index contributed by atoms with van der Waals surface area (Å²) in [5.41, 5.74) is 0.0790. The molecule has 0 aliphatic heterocycles. The first-order valence-corrected chi connectivity index (χ1v) is 7.16. The van der Waals surface area contributed by atoms with E-state index in [2.05, 4.69) is 36.0 Å². The van der Waals surface area contributed by atoms with Crippen molar-refractivity contribution in [2.24, 2.45) is 0 Å². The normalized spacial score (nSPS) is 10.7. The van der Waals surface area contributed by atoms with Gasteiger partial charge in [-0.3, -0.25) is 10.1 Å². The molecule has 0 spiro atoms. The van der Waals surface area contributed by atoms with Gasteiger partial charge in [0, 0.05) is 19.1 Å². The molecule has 112 valence electrons. The van der Waals surface area contributed by atoms with Crippen LogP contribution in [0.15, 0.2) is 12.1 Å². The van der Waals surface area contributed by atoms with E-state index >= 15 is 0 Å². The Morgan fingerprint density at radius 2 is 2.05 bits per heavy atom. The van der Waals surface area contributed by atoms with Gasteiger partial charge in [0.2, 0.25) is 0 Å². The van der Waals surface area contributed by atoms with Crippen LogP contribution in [0, 0.1) is 10.1 Å². The minimum absolute atomic E-state index is 0.0790. The Kier molecular flexibility index (Phi) is 6.21. The fourth-order valence-electron chi connectivity index (χ4n) is 1.98. The van der Waals surface area contributed by atoms with Crippen LogP contribution < -0.4 is 10.2 Å². The number of hydrogen-bond donors (Lipinski definition) is 1. The maximum absolute atomic E-state index is 11.1. The molecule has 0 unspecified atom stereocenters. The molecule has 0 amide bonds. The molecule has 0 bridgehead atoms. The highest BCUT2D eigenvalue weighted by molar-refractivity contribution is 5.56. The third-order valence-corrected chi connectivity index (χ3v) is 2.95. The van der Waals surface area contributed by atoms with E-state index in [4.69, 9.17) is 0 Å². The number of rotatable bonds is 8. The van der Waals surface area contributed by atoms with E-state index in [0.29, 0.717) is 11.6 Å². The van der Waals surface area contributed by atoms with Crippen LogP contribution in [-0.4, -0.2) is 29.0 Å². The minimum atomic E-state index is -0.368. The van der Waals surface area contributed by atoms with Crippen LogP contribution in [0.2, 0.25) is 0 Å². The Morgan fingerprint density at radius 1 is 1.35 bits per heavy atom. The fraction of sp³-hybridized carbons (Fsp3) is 0.643. The van der Waals surface area contributed by atoms with Gasteiger partial charge in [-0.1, -0.05) is 13.8 Å². The highest BCUT2D eigenvalue weighted by atomic mass is 16.6. The van der Waals surface area contributed by atoms with Crippen molar-refractivity contribution in [2.45, 2.75) is 46.6 Å². The molecule has 0 saturated heterocycles. The quantitative estimate of drug-likeness (QED) is 0.583. The molecule has 20 heavy (non-hydrogen) atoms. The van der Waals surface area contributed by atoms with E-state index in [1.807, 2.05) is 6.92 Å². The van der Waals surface area contributed by atoms with Gasteiger partial charge in [0.1, 0.15) is 11.6 Å². The third kappa shape index (κ3) is 4.36. The Bertz CT molecular complexity index is 449. The van der Waals surface area contributed by atoms with Crippen LogP contribution in [0.5, 0.6) is 0 Å². The lowest BCUT2D eigenvalue weighted by Gasteiger charge is -2.27. The van der Waals surface area contributed by atoms with Crippen LogP contribution in [0.4, 0.5) is 17.3 Å². The lowest BCUT2D eigenvalue weighted by Crippen LogP contribution is -2.32. The number of nitrogens with one attached hydrogen (secondary N) is 1. The van der Waals surface area contributed by atoms with Gasteiger partial charge in [0.25, 0.3) is 5.69 Å². The van der Waals surface area contributed by atoms with Crippen LogP contribution in [0.1, 0.15) is 40.5 Å². The molecule has 0 saturated carbocycles. The number of aromatic nitrogens is 1. The molecule has 0 aliphatic carbocycles. The highest BCUT2D eigenvalue weighted by Gasteiger charge is 2.17. The molecule has 0 radical (unpaired) electrons. The fourth-order valence-corrected chi connectivity index (χ4v) is 1.98. The number of pyridine rings is 1. The first-order chi connectivity index (χ1) is 9.49. The monoisotopic (exact) mass is 280 g/mol. The van der Waals surface area contributed by atoms with Crippen molar-refractivity contribution < 1.29 is 4.92 Å². The predicted octanol–water partition coefficient (Wildman–Crippen LogP) is 3.44. The van der Waals surface area contributed by atoms with Crippen molar-refractivity contribution in [1.82, 2.24) is 4.98 Å². The summed E-state index contributed by atoms with van der Waals surface area (Å²) < 4.78 is 0. The van der Waals surface area contributed by atoms with Gasteiger partial charge in [-0.15, -0.1) is 0 Å². The van der Waals surface area contributed by atoms with Crippen LogP contribution in [0.3, 0.4) is 0 Å². The van der Waals surface area contributed by atoms with Gasteiger partial charge in [-0.05, 0) is 26.7 Å². The summed E-state index contributed by atoms with van der Waals surface area (Å²) in [5.74, 6) is 1.23. The zero-order valence-corrected chi connectivity index (χ0v) is 12.7. The van der Waals surface area contributed by atoms with Crippen molar-refractivity contribution >= 4 is 17.3 Å². The second-order valence-electron chi connectivity index (χ2n) is 5.04. The molecular weight excluding hydrogens is 256 g/mol. The second-order valence-corrected chi connectivity index (χ2v) is 5.04. The smallest absolute Gasteiger partial charge is 0.276 e. The van der Waals surface area contributed by atoms with Gasteiger partial charge in [-0.25, -0.2) is 4.98 Å². The molecule has 0 atom stereocenters. The van der Waals surface area contributed by atoms with Gasteiger partial charge < -0.3 is 10.2 Å². The molecule has 1 aromatic rings. The topological polar surface area (TPSA) is 71.3 Å². The molecular formula is C14H24N4O2. The summed E-state index contributed by atoms with van der Waals surface area (Å²) in [6.07, 6.45) is 1.92. The molecule has 1 aromatic heterocycles. The average molecular weight is 280 g/mol. The molecule has 6 heteroatoms. The van der Waals surface area contributed by atoms with Gasteiger partial charge in [0.05, 0.1) is 17.1 Å². The number of nitrogens with zero attached hydrogens (tertiary/aromatic N) is 3. The van der Waals surface area contributed by atoms with E-state index in [9.17, 15) is 10.1 Å². The van der Waals surface area contributed by atoms with Crippen molar-refractivity contribution in [3.05, 3.63) is 22.2 Å². The molecule has 0 aromatic carbocycles.